The van der Waals surface area contributed by atoms with E-state index in [-0.39, 0.29) is 12.5 Å². The van der Waals surface area contributed by atoms with E-state index in [4.69, 9.17) is 5.11 Å². The average Bonchev–Trinajstić information content (AvgIpc) is 2.01. The van der Waals surface area contributed by atoms with Gasteiger partial charge < -0.3 is 5.11 Å². The first-order valence-corrected chi connectivity index (χ1v) is 5.69. The zero-order valence-electron chi connectivity index (χ0n) is 6.43. The molecule has 1 atom stereocenters. The van der Waals surface area contributed by atoms with Crippen molar-refractivity contribution in [1.82, 2.24) is 0 Å². The van der Waals surface area contributed by atoms with Gasteiger partial charge in [-0.2, -0.15) is 0 Å². The lowest BCUT2D eigenvalue weighted by Crippen LogP contribution is -1.99. The monoisotopic (exact) mass is 387 g/mol. The van der Waals surface area contributed by atoms with Crippen molar-refractivity contribution < 1.29 is 5.11 Å². The van der Waals surface area contributed by atoms with E-state index in [9.17, 15) is 0 Å². The van der Waals surface area contributed by atoms with Crippen LogP contribution in [0, 0.1) is 14.1 Å². The number of benzene rings is 1. The SMILES string of the molecule is [CH2]C(CO)c1cc(I)cc(I)c1. The van der Waals surface area contributed by atoms with Gasteiger partial charge in [0.2, 0.25) is 0 Å². The highest BCUT2D eigenvalue weighted by atomic mass is 127. The van der Waals surface area contributed by atoms with E-state index in [0.29, 0.717) is 0 Å². The molecule has 1 aromatic carbocycles. The maximum atomic E-state index is 8.90. The van der Waals surface area contributed by atoms with Crippen LogP contribution in [0.3, 0.4) is 0 Å². The fourth-order valence-corrected chi connectivity index (χ4v) is 2.90. The third kappa shape index (κ3) is 2.85. The van der Waals surface area contributed by atoms with Crippen LogP contribution in [-0.2, 0) is 0 Å². The van der Waals surface area contributed by atoms with E-state index in [0.717, 1.165) is 5.56 Å². The van der Waals surface area contributed by atoms with Gasteiger partial charge in [-0.05, 0) is 75.9 Å². The van der Waals surface area contributed by atoms with Crippen molar-refractivity contribution in [2.24, 2.45) is 0 Å². The molecule has 65 valence electrons. The molecule has 12 heavy (non-hydrogen) atoms. The van der Waals surface area contributed by atoms with Crippen LogP contribution in [0.2, 0.25) is 0 Å². The van der Waals surface area contributed by atoms with Crippen molar-refractivity contribution in [3.63, 3.8) is 0 Å². The number of hydrogen-bond donors (Lipinski definition) is 1. The van der Waals surface area contributed by atoms with Crippen LogP contribution >= 0.6 is 45.2 Å². The van der Waals surface area contributed by atoms with E-state index in [1.165, 1.54) is 7.14 Å². The molecule has 1 aromatic rings. The zero-order valence-corrected chi connectivity index (χ0v) is 10.7. The van der Waals surface area contributed by atoms with E-state index in [1.807, 2.05) is 0 Å². The van der Waals surface area contributed by atoms with Crippen LogP contribution < -0.4 is 0 Å². The van der Waals surface area contributed by atoms with Gasteiger partial charge >= 0.3 is 0 Å². The van der Waals surface area contributed by atoms with E-state index >= 15 is 0 Å². The second kappa shape index (κ2) is 4.76. The maximum absolute atomic E-state index is 8.90. The Morgan fingerprint density at radius 2 is 1.75 bits per heavy atom. The normalized spacial score (nSPS) is 13.0. The molecule has 1 rings (SSSR count). The molecule has 0 amide bonds. The Balaban J connectivity index is 3.00. The molecule has 0 fully saturated rings. The summed E-state index contributed by atoms with van der Waals surface area (Å²) in [6.45, 7) is 3.96. The largest absolute Gasteiger partial charge is 0.396 e. The summed E-state index contributed by atoms with van der Waals surface area (Å²) in [6.07, 6.45) is 0. The maximum Gasteiger partial charge on any atom is 0.0499 e. The first kappa shape index (κ1) is 10.7. The Morgan fingerprint density at radius 1 is 1.25 bits per heavy atom. The quantitative estimate of drug-likeness (QED) is 0.775. The van der Waals surface area contributed by atoms with Crippen LogP contribution in [-0.4, -0.2) is 11.7 Å². The van der Waals surface area contributed by atoms with Crippen molar-refractivity contribution in [3.05, 3.63) is 37.8 Å². The van der Waals surface area contributed by atoms with Gasteiger partial charge in [0.1, 0.15) is 0 Å². The smallest absolute Gasteiger partial charge is 0.0499 e. The molecule has 1 unspecified atom stereocenters. The summed E-state index contributed by atoms with van der Waals surface area (Å²) >= 11 is 4.53. The van der Waals surface area contributed by atoms with E-state index in [2.05, 4.69) is 70.3 Å². The molecule has 1 radical (unpaired) electrons. The molecule has 0 bridgehead atoms. The second-order valence-corrected chi connectivity index (χ2v) is 5.07. The minimum Gasteiger partial charge on any atom is -0.396 e. The lowest BCUT2D eigenvalue weighted by Gasteiger charge is -2.08. The summed E-state index contributed by atoms with van der Waals surface area (Å²) in [4.78, 5) is 0. The summed E-state index contributed by atoms with van der Waals surface area (Å²) in [6, 6.07) is 6.20. The van der Waals surface area contributed by atoms with Crippen molar-refractivity contribution in [3.8, 4) is 0 Å². The molecule has 3 heteroatoms. The van der Waals surface area contributed by atoms with Crippen molar-refractivity contribution >= 4 is 45.2 Å². The summed E-state index contributed by atoms with van der Waals surface area (Å²) in [7, 11) is 0. The summed E-state index contributed by atoms with van der Waals surface area (Å²) in [5.74, 6) is -0.00627. The van der Waals surface area contributed by atoms with Crippen LogP contribution in [0.1, 0.15) is 11.5 Å². The van der Waals surface area contributed by atoms with Crippen LogP contribution in [0.25, 0.3) is 0 Å². The molecule has 0 saturated carbocycles. The van der Waals surface area contributed by atoms with Gasteiger partial charge in [-0.3, -0.25) is 0 Å². The van der Waals surface area contributed by atoms with Crippen molar-refractivity contribution in [2.45, 2.75) is 5.92 Å². The highest BCUT2D eigenvalue weighted by Crippen LogP contribution is 2.20. The molecule has 0 saturated heterocycles. The fourth-order valence-electron chi connectivity index (χ4n) is 0.916. The Hall–Kier alpha value is 0.640. The Kier molecular flexibility index (Phi) is 4.25. The van der Waals surface area contributed by atoms with Gasteiger partial charge in [-0.15, -0.1) is 0 Å². The highest BCUT2D eigenvalue weighted by molar-refractivity contribution is 14.1. The predicted molar refractivity (Wildman–Crippen MR) is 67.1 cm³/mol. The molecule has 1 N–H and O–H groups in total. The van der Waals surface area contributed by atoms with Crippen molar-refractivity contribution in [2.75, 3.05) is 6.61 Å². The Morgan fingerprint density at radius 3 is 2.17 bits per heavy atom. The molecule has 1 nitrogen and oxygen atoms in total. The zero-order chi connectivity index (χ0) is 9.14. The minimum atomic E-state index is -0.00627. The van der Waals surface area contributed by atoms with Gasteiger partial charge in [-0.1, -0.05) is 0 Å². The molecular formula is C9H9I2O. The van der Waals surface area contributed by atoms with Gasteiger partial charge in [-0.25, -0.2) is 0 Å². The highest BCUT2D eigenvalue weighted by Gasteiger charge is 2.05. The average molecular weight is 387 g/mol. The lowest BCUT2D eigenvalue weighted by atomic mass is 10.0. The number of aliphatic hydroxyl groups excluding tert-OH is 1. The lowest BCUT2D eigenvalue weighted by molar-refractivity contribution is 0.282. The third-order valence-electron chi connectivity index (χ3n) is 1.58. The first-order chi connectivity index (χ1) is 5.63. The minimum absolute atomic E-state index is 0.00627. The van der Waals surface area contributed by atoms with E-state index < -0.39 is 0 Å². The van der Waals surface area contributed by atoms with Crippen LogP contribution in [0.5, 0.6) is 0 Å². The topological polar surface area (TPSA) is 20.2 Å². The Bertz CT molecular complexity index is 253. The fraction of sp³-hybridized carbons (Fsp3) is 0.222. The molecule has 0 aliphatic rings. The number of rotatable bonds is 2. The van der Waals surface area contributed by atoms with Gasteiger partial charge in [0.25, 0.3) is 0 Å². The molecule has 0 aliphatic carbocycles. The summed E-state index contributed by atoms with van der Waals surface area (Å²) in [5.41, 5.74) is 1.11. The van der Waals surface area contributed by atoms with E-state index in [1.54, 1.807) is 0 Å². The molecule has 0 aromatic heterocycles. The van der Waals surface area contributed by atoms with Crippen molar-refractivity contribution in [1.29, 1.82) is 0 Å². The molecule has 0 spiro atoms. The first-order valence-electron chi connectivity index (χ1n) is 3.53. The predicted octanol–water partition coefficient (Wildman–Crippen LogP) is 2.81. The standard InChI is InChI=1S/C9H9I2O/c1-6(5-12)7-2-8(10)4-9(11)3-7/h2-4,6,12H,1,5H2. The van der Waals surface area contributed by atoms with Crippen LogP contribution in [0.15, 0.2) is 18.2 Å². The molecular weight excluding hydrogens is 378 g/mol. The molecule has 0 aliphatic heterocycles. The Labute approximate surface area is 99.8 Å². The number of halogens is 2. The second-order valence-electron chi connectivity index (χ2n) is 2.58. The van der Waals surface area contributed by atoms with Gasteiger partial charge in [0.05, 0.1) is 0 Å². The third-order valence-corrected chi connectivity index (χ3v) is 2.82. The van der Waals surface area contributed by atoms with Gasteiger partial charge in [0.15, 0.2) is 0 Å². The molecule has 0 heterocycles. The number of aliphatic hydroxyl groups is 1. The summed E-state index contributed by atoms with van der Waals surface area (Å²) in [5, 5.41) is 8.90. The van der Waals surface area contributed by atoms with Crippen LogP contribution in [0.4, 0.5) is 0 Å². The summed E-state index contributed by atoms with van der Waals surface area (Å²) < 4.78 is 2.38. The number of hydrogen-bond acceptors (Lipinski definition) is 1. The van der Waals surface area contributed by atoms with Gasteiger partial charge in [0, 0.05) is 19.7 Å².